The summed E-state index contributed by atoms with van der Waals surface area (Å²) in [5.74, 6) is 0.734. The largest absolute Gasteiger partial charge is 0.493 e. The van der Waals surface area contributed by atoms with Crippen LogP contribution in [-0.2, 0) is 6.18 Å². The number of halogens is 3. The van der Waals surface area contributed by atoms with Crippen LogP contribution in [0.25, 0.3) is 11.3 Å². The molecule has 3 heterocycles. The number of rotatable bonds is 8. The Balaban J connectivity index is 1.37. The van der Waals surface area contributed by atoms with Gasteiger partial charge in [0.25, 0.3) is 0 Å². The van der Waals surface area contributed by atoms with E-state index in [9.17, 15) is 18.4 Å². The topological polar surface area (TPSA) is 103 Å². The molecule has 0 atom stereocenters. The highest BCUT2D eigenvalue weighted by Crippen LogP contribution is 2.39. The van der Waals surface area contributed by atoms with Crippen molar-refractivity contribution in [2.75, 3.05) is 62.3 Å². The molecule has 1 fully saturated rings. The predicted octanol–water partition coefficient (Wildman–Crippen LogP) is 4.56. The average molecular weight is 526 g/mol. The van der Waals surface area contributed by atoms with Crippen molar-refractivity contribution in [3.05, 3.63) is 59.4 Å². The zero-order valence-electron chi connectivity index (χ0n) is 21.3. The van der Waals surface area contributed by atoms with Gasteiger partial charge in [-0.15, -0.1) is 0 Å². The summed E-state index contributed by atoms with van der Waals surface area (Å²) in [5.41, 5.74) is 6.88. The average Bonchev–Trinajstić information content (AvgIpc) is 2.91. The minimum atomic E-state index is -4.62. The van der Waals surface area contributed by atoms with Gasteiger partial charge in [-0.05, 0) is 49.7 Å². The van der Waals surface area contributed by atoms with Crippen molar-refractivity contribution in [3.8, 4) is 23.1 Å². The van der Waals surface area contributed by atoms with Crippen molar-refractivity contribution in [1.29, 1.82) is 5.26 Å². The number of nitrogens with zero attached hydrogens (tertiary/aromatic N) is 5. The van der Waals surface area contributed by atoms with Crippen LogP contribution in [0.1, 0.15) is 23.4 Å². The van der Waals surface area contributed by atoms with E-state index in [0.29, 0.717) is 12.1 Å². The van der Waals surface area contributed by atoms with Gasteiger partial charge in [0.15, 0.2) is 5.69 Å². The Morgan fingerprint density at radius 2 is 1.87 bits per heavy atom. The number of nitriles is 1. The van der Waals surface area contributed by atoms with E-state index in [1.807, 2.05) is 31.2 Å². The van der Waals surface area contributed by atoms with Gasteiger partial charge in [0.1, 0.15) is 17.6 Å². The zero-order chi connectivity index (χ0) is 27.3. The molecule has 0 aliphatic carbocycles. The van der Waals surface area contributed by atoms with Crippen molar-refractivity contribution in [2.24, 2.45) is 0 Å². The predicted molar refractivity (Wildman–Crippen MR) is 141 cm³/mol. The van der Waals surface area contributed by atoms with Gasteiger partial charge in [0, 0.05) is 51.0 Å². The number of alkyl halides is 3. The molecule has 1 aliphatic heterocycles. The van der Waals surface area contributed by atoms with E-state index >= 15 is 0 Å². The Hall–Kier alpha value is -4.04. The molecule has 0 saturated carbocycles. The molecule has 0 unspecified atom stereocenters. The van der Waals surface area contributed by atoms with Gasteiger partial charge in [-0.2, -0.15) is 18.4 Å². The molecular weight excluding hydrogens is 495 g/mol. The highest BCUT2D eigenvalue weighted by atomic mass is 19.4. The molecule has 1 saturated heterocycles. The molecule has 4 rings (SSSR count). The Morgan fingerprint density at radius 1 is 1.11 bits per heavy atom. The van der Waals surface area contributed by atoms with Crippen LogP contribution in [-0.4, -0.2) is 61.2 Å². The van der Waals surface area contributed by atoms with E-state index in [2.05, 4.69) is 25.1 Å². The lowest BCUT2D eigenvalue weighted by atomic mass is 10.0. The maximum Gasteiger partial charge on any atom is 0.419 e. The lowest BCUT2D eigenvalue weighted by Crippen LogP contribution is -2.47. The fourth-order valence-electron chi connectivity index (χ4n) is 4.41. The molecule has 200 valence electrons. The number of nitrogens with two attached hydrogens (primary N) is 1. The third-order valence-electron chi connectivity index (χ3n) is 6.46. The fourth-order valence-corrected chi connectivity index (χ4v) is 4.41. The number of aromatic nitrogens is 2. The molecule has 8 nitrogen and oxygen atoms in total. The summed E-state index contributed by atoms with van der Waals surface area (Å²) >= 11 is 0. The third kappa shape index (κ3) is 6.26. The maximum absolute atomic E-state index is 13.9. The molecule has 0 bridgehead atoms. The zero-order valence-corrected chi connectivity index (χ0v) is 21.3. The highest BCUT2D eigenvalue weighted by Gasteiger charge is 2.35. The summed E-state index contributed by atoms with van der Waals surface area (Å²) in [7, 11) is 1.61. The summed E-state index contributed by atoms with van der Waals surface area (Å²) in [6.45, 7) is 6.25. The van der Waals surface area contributed by atoms with Crippen LogP contribution < -0.4 is 20.7 Å². The van der Waals surface area contributed by atoms with Crippen molar-refractivity contribution in [1.82, 2.24) is 14.9 Å². The standard InChI is InChI=1S/C27H30F3N7O/c1-18-5-3-6-25(34-18)37-12-10-36(11-13-37)9-4-14-38-24-8-7-19(15-20(24)27(28,29)30)21-16-22(33-2)26(32)23(17-31)35-21/h3,5-8,15-16H,4,9-14,32H2,1-2H3,(H,33,35). The van der Waals surface area contributed by atoms with Crippen LogP contribution in [0.5, 0.6) is 5.75 Å². The lowest BCUT2D eigenvalue weighted by Gasteiger charge is -2.35. The Labute approximate surface area is 219 Å². The van der Waals surface area contributed by atoms with Crippen LogP contribution in [0.4, 0.5) is 30.4 Å². The first-order valence-corrected chi connectivity index (χ1v) is 12.3. The van der Waals surface area contributed by atoms with E-state index in [-0.39, 0.29) is 35.0 Å². The molecule has 0 radical (unpaired) electrons. The van der Waals surface area contributed by atoms with Gasteiger partial charge < -0.3 is 20.7 Å². The monoisotopic (exact) mass is 525 g/mol. The van der Waals surface area contributed by atoms with Gasteiger partial charge in [-0.1, -0.05) is 6.07 Å². The molecule has 3 aromatic rings. The number of aryl methyl sites for hydroxylation is 1. The van der Waals surface area contributed by atoms with E-state index in [1.54, 1.807) is 7.05 Å². The molecule has 0 amide bonds. The lowest BCUT2D eigenvalue weighted by molar-refractivity contribution is -0.138. The van der Waals surface area contributed by atoms with Gasteiger partial charge in [0.2, 0.25) is 0 Å². The molecule has 2 aromatic heterocycles. The van der Waals surface area contributed by atoms with E-state index in [0.717, 1.165) is 50.3 Å². The van der Waals surface area contributed by atoms with E-state index < -0.39 is 11.7 Å². The highest BCUT2D eigenvalue weighted by molar-refractivity contribution is 5.77. The number of ether oxygens (including phenoxy) is 1. The number of benzene rings is 1. The second-order valence-electron chi connectivity index (χ2n) is 9.06. The molecule has 0 spiro atoms. The van der Waals surface area contributed by atoms with Gasteiger partial charge in [-0.25, -0.2) is 9.97 Å². The van der Waals surface area contributed by atoms with Gasteiger partial charge >= 0.3 is 6.18 Å². The Kier molecular flexibility index (Phi) is 8.22. The van der Waals surface area contributed by atoms with Crippen LogP contribution in [0.2, 0.25) is 0 Å². The van der Waals surface area contributed by atoms with Crippen LogP contribution in [0.3, 0.4) is 0 Å². The first-order chi connectivity index (χ1) is 18.2. The number of hydrogen-bond donors (Lipinski definition) is 2. The number of hydrogen-bond acceptors (Lipinski definition) is 8. The van der Waals surface area contributed by atoms with Crippen molar-refractivity contribution in [2.45, 2.75) is 19.5 Å². The molecule has 11 heteroatoms. The van der Waals surface area contributed by atoms with Crippen LogP contribution in [0, 0.1) is 18.3 Å². The van der Waals surface area contributed by atoms with Crippen molar-refractivity contribution >= 4 is 17.2 Å². The molecule has 3 N–H and O–H groups in total. The minimum absolute atomic E-state index is 0.0586. The smallest absolute Gasteiger partial charge is 0.419 e. The Morgan fingerprint density at radius 3 is 2.53 bits per heavy atom. The van der Waals surface area contributed by atoms with Crippen molar-refractivity contribution < 1.29 is 17.9 Å². The minimum Gasteiger partial charge on any atom is -0.493 e. The van der Waals surface area contributed by atoms with Crippen LogP contribution in [0.15, 0.2) is 42.5 Å². The molecular formula is C27H30F3N7O. The van der Waals surface area contributed by atoms with E-state index in [4.69, 9.17) is 10.5 Å². The van der Waals surface area contributed by atoms with Crippen molar-refractivity contribution in [3.63, 3.8) is 0 Å². The maximum atomic E-state index is 13.9. The molecule has 38 heavy (non-hydrogen) atoms. The fraction of sp³-hybridized carbons (Fsp3) is 0.370. The normalized spacial score (nSPS) is 14.3. The summed E-state index contributed by atoms with van der Waals surface area (Å²) < 4.78 is 47.3. The summed E-state index contributed by atoms with van der Waals surface area (Å²) in [6, 6.07) is 13.2. The quantitative estimate of drug-likeness (QED) is 0.413. The molecule has 1 aliphatic rings. The van der Waals surface area contributed by atoms with Gasteiger partial charge in [0.05, 0.1) is 29.2 Å². The first-order valence-electron chi connectivity index (χ1n) is 12.3. The number of nitrogens with one attached hydrogen (secondary N) is 1. The Bertz CT molecular complexity index is 1310. The third-order valence-corrected chi connectivity index (χ3v) is 6.46. The summed E-state index contributed by atoms with van der Waals surface area (Å²) in [4.78, 5) is 13.2. The second kappa shape index (κ2) is 11.6. The van der Waals surface area contributed by atoms with Gasteiger partial charge in [-0.3, -0.25) is 4.90 Å². The first kappa shape index (κ1) is 27.0. The number of nitrogen functional groups attached to an aromatic ring is 1. The number of piperazine rings is 1. The molecule has 1 aromatic carbocycles. The SMILES string of the molecule is CNc1cc(-c2ccc(OCCCN3CCN(c4cccc(C)n4)CC3)c(C(F)(F)F)c2)nc(C#N)c1N. The summed E-state index contributed by atoms with van der Waals surface area (Å²) in [6.07, 6.45) is -4.03. The second-order valence-corrected chi connectivity index (χ2v) is 9.06. The summed E-state index contributed by atoms with van der Waals surface area (Å²) in [5, 5.41) is 12.1. The van der Waals surface area contributed by atoms with E-state index in [1.165, 1.54) is 18.2 Å². The number of pyridine rings is 2. The number of anilines is 3. The van der Waals surface area contributed by atoms with Crippen LogP contribution >= 0.6 is 0 Å².